The summed E-state index contributed by atoms with van der Waals surface area (Å²) in [6.45, 7) is 8.98. The van der Waals surface area contributed by atoms with Crippen molar-refractivity contribution < 1.29 is 9.78 Å². The monoisotopic (exact) mass is 962 g/mol. The second-order valence-electron chi connectivity index (χ2n) is 21.2. The Morgan fingerprint density at radius 1 is 0.236 bits per heavy atom. The molecule has 12 aromatic rings. The van der Waals surface area contributed by atoms with Gasteiger partial charge in [0.05, 0.1) is 11.2 Å². The number of hydrogen-bond acceptors (Lipinski definition) is 2. The van der Waals surface area contributed by atoms with Crippen molar-refractivity contribution in [3.05, 3.63) is 255 Å². The van der Waals surface area contributed by atoms with Gasteiger partial charge in [0.15, 0.2) is 16.1 Å². The Balaban J connectivity index is 1.01. The van der Waals surface area contributed by atoms with Gasteiger partial charge in [-0.1, -0.05) is 255 Å². The highest BCUT2D eigenvalue weighted by Crippen LogP contribution is 2.34. The van der Waals surface area contributed by atoms with Gasteiger partial charge >= 0.3 is 0 Å². The molecule has 0 radical (unpaired) electrons. The zero-order valence-electron chi connectivity index (χ0n) is 41.5. The summed E-state index contributed by atoms with van der Waals surface area (Å²) in [6, 6.07) is 97.1. The van der Waals surface area contributed by atoms with Gasteiger partial charge in [-0.25, -0.2) is 9.78 Å². The SMILES string of the molecule is CC(C)(C[Si](c1ccc2ccccc2c1)(c1ccc2ccccc2c1)c1ccc2ccccc2c1)OOC(C)(C)C[Si](c1ccc2ccccc2c1)(c1ccc2ccccc2c1)c1ccc2ccccc2c1. The molecule has 0 aromatic heterocycles. The molecule has 4 heteroatoms. The van der Waals surface area contributed by atoms with Crippen LogP contribution in [0.25, 0.3) is 64.6 Å². The van der Waals surface area contributed by atoms with Crippen LogP contribution in [0.1, 0.15) is 27.7 Å². The minimum absolute atomic E-state index is 0.730. The fourth-order valence-corrected chi connectivity index (χ4v) is 22.4. The lowest BCUT2D eigenvalue weighted by atomic mass is 10.1. The summed E-state index contributed by atoms with van der Waals surface area (Å²) in [7, 11) is -5.97. The molecule has 0 spiro atoms. The third-order valence-corrected chi connectivity index (χ3v) is 25.9. The Labute approximate surface area is 425 Å². The van der Waals surface area contributed by atoms with Crippen LogP contribution < -0.4 is 31.1 Å². The van der Waals surface area contributed by atoms with Crippen LogP contribution >= 0.6 is 0 Å². The summed E-state index contributed by atoms with van der Waals surface area (Å²) >= 11 is 0. The van der Waals surface area contributed by atoms with Crippen molar-refractivity contribution in [2.75, 3.05) is 0 Å². The van der Waals surface area contributed by atoms with Crippen LogP contribution in [0.3, 0.4) is 0 Å². The topological polar surface area (TPSA) is 18.5 Å². The van der Waals surface area contributed by atoms with Crippen LogP contribution in [0, 0.1) is 0 Å². The van der Waals surface area contributed by atoms with Crippen LogP contribution in [-0.2, 0) is 9.78 Å². The molecule has 0 N–H and O–H groups in total. The number of benzene rings is 12. The Hall–Kier alpha value is -7.45. The molecular weight excluding hydrogens is 905 g/mol. The van der Waals surface area contributed by atoms with Gasteiger partial charge in [0.2, 0.25) is 0 Å². The Kier molecular flexibility index (Phi) is 11.6. The van der Waals surface area contributed by atoms with E-state index in [-0.39, 0.29) is 0 Å². The first-order chi connectivity index (χ1) is 35.1. The number of fused-ring (bicyclic) bond motifs is 6. The lowest BCUT2D eigenvalue weighted by Gasteiger charge is -2.43. The zero-order chi connectivity index (χ0) is 48.9. The summed E-state index contributed by atoms with van der Waals surface area (Å²) in [6.07, 6.45) is 0. The van der Waals surface area contributed by atoms with E-state index < -0.39 is 27.3 Å². The summed E-state index contributed by atoms with van der Waals surface area (Å²) < 4.78 is 0. The molecule has 0 unspecified atom stereocenters. The second-order valence-corrected chi connectivity index (χ2v) is 29.0. The highest BCUT2D eigenvalue weighted by molar-refractivity contribution is 7.12. The molecule has 0 aliphatic carbocycles. The minimum atomic E-state index is -2.99. The summed E-state index contributed by atoms with van der Waals surface area (Å²) in [5.74, 6) is 0. The molecule has 0 amide bonds. The van der Waals surface area contributed by atoms with Gasteiger partial charge in [-0.3, -0.25) is 0 Å². The summed E-state index contributed by atoms with van der Waals surface area (Å²) in [4.78, 5) is 14.4. The van der Waals surface area contributed by atoms with Crippen LogP contribution in [0.2, 0.25) is 12.1 Å². The lowest BCUT2D eigenvalue weighted by Crippen LogP contribution is -2.70. The highest BCUT2D eigenvalue weighted by atomic mass is 28.3. The molecule has 350 valence electrons. The second kappa shape index (κ2) is 18.3. The van der Waals surface area contributed by atoms with E-state index in [4.69, 9.17) is 9.78 Å². The fourth-order valence-electron chi connectivity index (χ4n) is 11.9. The molecule has 0 atom stereocenters. The third kappa shape index (κ3) is 8.44. The Morgan fingerprint density at radius 2 is 0.403 bits per heavy atom. The van der Waals surface area contributed by atoms with Crippen LogP contribution in [-0.4, -0.2) is 27.3 Å². The predicted molar refractivity (Wildman–Crippen MR) is 313 cm³/mol. The summed E-state index contributed by atoms with van der Waals surface area (Å²) in [5.41, 5.74) is -1.49. The molecule has 72 heavy (non-hydrogen) atoms. The van der Waals surface area contributed by atoms with E-state index in [9.17, 15) is 0 Å². The van der Waals surface area contributed by atoms with Crippen molar-refractivity contribution in [2.45, 2.75) is 51.0 Å². The molecule has 2 nitrogen and oxygen atoms in total. The predicted octanol–water partition coefficient (Wildman–Crippen LogP) is 13.8. The average Bonchev–Trinajstić information content (AvgIpc) is 3.42. The van der Waals surface area contributed by atoms with Crippen LogP contribution in [0.4, 0.5) is 0 Å². The van der Waals surface area contributed by atoms with E-state index in [1.165, 1.54) is 95.8 Å². The van der Waals surface area contributed by atoms with Crippen LogP contribution in [0.15, 0.2) is 255 Å². The fraction of sp³-hybridized carbons (Fsp3) is 0.118. The van der Waals surface area contributed by atoms with Gasteiger partial charge in [-0.2, -0.15) is 0 Å². The van der Waals surface area contributed by atoms with Crippen molar-refractivity contribution in [1.82, 2.24) is 0 Å². The van der Waals surface area contributed by atoms with Crippen molar-refractivity contribution >= 4 is 112 Å². The highest BCUT2D eigenvalue weighted by Gasteiger charge is 2.48. The van der Waals surface area contributed by atoms with Gasteiger partial charge in [0, 0.05) is 0 Å². The van der Waals surface area contributed by atoms with Gasteiger partial charge in [-0.15, -0.1) is 0 Å². The maximum atomic E-state index is 7.20. The first kappa shape index (κ1) is 45.7. The number of hydrogen-bond donors (Lipinski definition) is 0. The molecule has 0 fully saturated rings. The lowest BCUT2D eigenvalue weighted by molar-refractivity contribution is -0.393. The van der Waals surface area contributed by atoms with Gasteiger partial charge in [-0.05, 0) is 136 Å². The van der Waals surface area contributed by atoms with Gasteiger partial charge in [0.25, 0.3) is 0 Å². The first-order valence-corrected chi connectivity index (χ1v) is 29.8. The van der Waals surface area contributed by atoms with E-state index in [1.54, 1.807) is 0 Å². The molecular formula is C68H58O2Si2. The van der Waals surface area contributed by atoms with E-state index >= 15 is 0 Å². The molecule has 0 saturated carbocycles. The zero-order valence-corrected chi connectivity index (χ0v) is 43.5. The molecule has 0 aliphatic rings. The molecule has 0 aliphatic heterocycles. The van der Waals surface area contributed by atoms with Crippen molar-refractivity contribution in [3.63, 3.8) is 0 Å². The smallest absolute Gasteiger partial charge is 0.151 e. The normalized spacial score (nSPS) is 12.7. The molecule has 0 heterocycles. The average molecular weight is 963 g/mol. The first-order valence-electron chi connectivity index (χ1n) is 25.4. The molecule has 0 bridgehead atoms. The van der Waals surface area contributed by atoms with Gasteiger partial charge in [0.1, 0.15) is 0 Å². The van der Waals surface area contributed by atoms with Gasteiger partial charge < -0.3 is 0 Å². The molecule has 12 rings (SSSR count). The largest absolute Gasteiger partial charge is 0.230 e. The minimum Gasteiger partial charge on any atom is -0.230 e. The van der Waals surface area contributed by atoms with Crippen molar-refractivity contribution in [1.29, 1.82) is 0 Å². The van der Waals surface area contributed by atoms with E-state index in [0.717, 1.165) is 12.1 Å². The molecule has 12 aromatic carbocycles. The maximum absolute atomic E-state index is 7.20. The number of rotatable bonds is 13. The third-order valence-electron chi connectivity index (χ3n) is 15.3. The maximum Gasteiger partial charge on any atom is 0.151 e. The van der Waals surface area contributed by atoms with Crippen molar-refractivity contribution in [3.8, 4) is 0 Å². The van der Waals surface area contributed by atoms with Crippen LogP contribution in [0.5, 0.6) is 0 Å². The Morgan fingerprint density at radius 3 is 0.583 bits per heavy atom. The quantitative estimate of drug-likeness (QED) is 0.0496. The Bertz CT molecular complexity index is 3340. The standard InChI is InChI=1S/C68H58O2Si2/c1-67(2,47-71(61-35-29-49-17-5-11-23-55(49)41-61,62-36-30-50-18-6-12-24-56(50)42-62)63-37-31-51-19-7-13-25-57(51)43-63)69-70-68(3,4)48-72(64-38-32-52-20-8-14-26-58(52)44-64,65-39-33-53-21-9-15-27-59(53)45-65)66-40-34-54-22-10-16-28-60(54)46-66/h5-46H,47-48H2,1-4H3. The van der Waals surface area contributed by atoms with Crippen molar-refractivity contribution in [2.24, 2.45) is 0 Å². The molecule has 0 saturated heterocycles. The summed E-state index contributed by atoms with van der Waals surface area (Å²) in [5, 5.41) is 22.9. The van der Waals surface area contributed by atoms with E-state index in [1.807, 2.05) is 0 Å². The van der Waals surface area contributed by atoms with E-state index in [2.05, 4.69) is 282 Å². The van der Waals surface area contributed by atoms with E-state index in [0.29, 0.717) is 0 Å².